The van der Waals surface area contributed by atoms with Crippen LogP contribution < -0.4 is 26.6 Å². The van der Waals surface area contributed by atoms with E-state index in [1.807, 2.05) is 13.8 Å². The Labute approximate surface area is 136 Å². The summed E-state index contributed by atoms with van der Waals surface area (Å²) in [7, 11) is 1.43. The van der Waals surface area contributed by atoms with E-state index in [4.69, 9.17) is 0 Å². The molecular formula is C12H33N5O5. The molecule has 0 fully saturated rings. The third kappa shape index (κ3) is 13.8. The van der Waals surface area contributed by atoms with Crippen LogP contribution >= 0.6 is 0 Å². The summed E-state index contributed by atoms with van der Waals surface area (Å²) in [6.45, 7) is 2.96. The van der Waals surface area contributed by atoms with Gasteiger partial charge in [-0.15, -0.1) is 0 Å². The van der Waals surface area contributed by atoms with E-state index >= 15 is 0 Å². The smallest absolute Gasteiger partial charge is 0.239 e. The molecular weight excluding hydrogens is 294 g/mol. The summed E-state index contributed by atoms with van der Waals surface area (Å²) >= 11 is 0. The van der Waals surface area contributed by atoms with Crippen LogP contribution in [0.15, 0.2) is 0 Å². The first-order chi connectivity index (χ1) is 10.5. The molecule has 0 aliphatic carbocycles. The zero-order valence-electron chi connectivity index (χ0n) is 12.9. The van der Waals surface area contributed by atoms with Gasteiger partial charge in [0.2, 0.25) is 30.0 Å². The molecule has 22 heavy (non-hydrogen) atoms. The number of likely N-dealkylation sites (N-methyl/N-ethyl adjacent to an activating group) is 1. The first-order valence-corrected chi connectivity index (χ1v) is 6.67. The third-order valence-corrected chi connectivity index (χ3v) is 1.96. The molecule has 0 atom stereocenters. The molecule has 0 saturated heterocycles. The predicted octanol–water partition coefficient (Wildman–Crippen LogP) is -1.92. The highest BCUT2D eigenvalue weighted by molar-refractivity contribution is 5.90. The molecule has 0 heterocycles. The van der Waals surface area contributed by atoms with Gasteiger partial charge in [-0.05, 0) is 0 Å². The minimum absolute atomic E-state index is 0. The van der Waals surface area contributed by atoms with Gasteiger partial charge >= 0.3 is 0 Å². The lowest BCUT2D eigenvalue weighted by molar-refractivity contribution is -0.128. The Morgan fingerprint density at radius 1 is 0.773 bits per heavy atom. The van der Waals surface area contributed by atoms with Crippen molar-refractivity contribution < 1.29 is 31.1 Å². The topological polar surface area (TPSA) is 146 Å². The third-order valence-electron chi connectivity index (χ3n) is 1.96. The number of hydrogen-bond donors (Lipinski definition) is 5. The summed E-state index contributed by atoms with van der Waals surface area (Å²) in [4.78, 5) is 54.2. The Balaban J connectivity index is -0.000000110. The van der Waals surface area contributed by atoms with E-state index in [0.29, 0.717) is 6.41 Å². The summed E-state index contributed by atoms with van der Waals surface area (Å²) < 4.78 is 0. The molecule has 0 saturated carbocycles. The first kappa shape index (κ1) is 21.6. The number of rotatable bonds is 9. The van der Waals surface area contributed by atoms with Crippen LogP contribution in [0.4, 0.5) is 0 Å². The Morgan fingerprint density at radius 3 is 1.50 bits per heavy atom. The number of amides is 5. The van der Waals surface area contributed by atoms with Crippen molar-refractivity contribution in [3.8, 4) is 0 Å². The van der Waals surface area contributed by atoms with E-state index < -0.39 is 17.7 Å². The molecule has 0 radical (unpaired) electrons. The van der Waals surface area contributed by atoms with Gasteiger partial charge in [0.05, 0.1) is 26.2 Å². The molecule has 0 aromatic heterocycles. The highest BCUT2D eigenvalue weighted by Gasteiger charge is 2.08. The van der Waals surface area contributed by atoms with Crippen LogP contribution in [0.2, 0.25) is 0 Å². The first-order valence-electron chi connectivity index (χ1n) is 6.67. The molecule has 0 aliphatic heterocycles. The normalized spacial score (nSPS) is 8.50. The van der Waals surface area contributed by atoms with Crippen LogP contribution in [0.1, 0.15) is 21.0 Å². The monoisotopic (exact) mass is 327 g/mol. The molecule has 136 valence electrons. The largest absolute Gasteiger partial charge is 0.358 e. The molecule has 0 spiro atoms. The van der Waals surface area contributed by atoms with Crippen LogP contribution in [0.5, 0.6) is 0 Å². The van der Waals surface area contributed by atoms with Gasteiger partial charge < -0.3 is 26.6 Å². The fourth-order valence-electron chi connectivity index (χ4n) is 0.947. The van der Waals surface area contributed by atoms with Crippen molar-refractivity contribution in [2.75, 3.05) is 33.2 Å². The lowest BCUT2D eigenvalue weighted by Crippen LogP contribution is -2.45. The molecule has 0 unspecified atom stereocenters. The zero-order chi connectivity index (χ0) is 17.4. The average Bonchev–Trinajstić information content (AvgIpc) is 2.55. The highest BCUT2D eigenvalue weighted by atomic mass is 16.2. The van der Waals surface area contributed by atoms with Crippen molar-refractivity contribution in [1.82, 2.24) is 26.6 Å². The Kier molecular flexibility index (Phi) is 14.5. The van der Waals surface area contributed by atoms with Gasteiger partial charge in [-0.3, -0.25) is 24.0 Å². The van der Waals surface area contributed by atoms with Gasteiger partial charge in [-0.1, -0.05) is 13.8 Å². The number of carbonyl (C=O) groups is 5. The molecule has 0 aliphatic rings. The van der Waals surface area contributed by atoms with E-state index in [2.05, 4.69) is 26.6 Å². The molecule has 0 aromatic rings. The average molecular weight is 327 g/mol. The zero-order valence-corrected chi connectivity index (χ0v) is 12.9. The molecule has 0 aromatic carbocycles. The lowest BCUT2D eigenvalue weighted by atomic mass is 10.4. The minimum atomic E-state index is -0.570. The van der Waals surface area contributed by atoms with Gasteiger partial charge in [0, 0.05) is 14.2 Å². The molecule has 0 bridgehead atoms. The standard InChI is InChI=1S/C10H17N5O5.C2H6.5H2/c1-11-7(17)3-13-9(19)5-15-10(20)4-14-8(18)2-12-6-16;1-2;;;;;/h6H,2-5H2,1H3,(H,11,17)(H,12,16)(H,13,19)(H,14,18)(H,15,20);1-2H3;5*1H. The van der Waals surface area contributed by atoms with Crippen LogP contribution in [0.25, 0.3) is 0 Å². The fraction of sp³-hybridized carbons (Fsp3) is 0.583. The van der Waals surface area contributed by atoms with Gasteiger partial charge in [-0.25, -0.2) is 0 Å². The van der Waals surface area contributed by atoms with Crippen molar-refractivity contribution in [3.05, 3.63) is 0 Å². The molecule has 5 amide bonds. The van der Waals surface area contributed by atoms with Crippen molar-refractivity contribution in [3.63, 3.8) is 0 Å². The van der Waals surface area contributed by atoms with Crippen LogP contribution in [0, 0.1) is 0 Å². The predicted molar refractivity (Wildman–Crippen MR) is 89.1 cm³/mol. The summed E-state index contributed by atoms with van der Waals surface area (Å²) in [6, 6.07) is 0. The fourth-order valence-corrected chi connectivity index (χ4v) is 0.947. The van der Waals surface area contributed by atoms with Crippen molar-refractivity contribution in [1.29, 1.82) is 0 Å². The quantitative estimate of drug-likeness (QED) is 0.313. The number of nitrogens with one attached hydrogen (secondary N) is 5. The maximum Gasteiger partial charge on any atom is 0.239 e. The second-order valence-corrected chi connectivity index (χ2v) is 3.50. The Bertz CT molecular complexity index is 405. The second-order valence-electron chi connectivity index (χ2n) is 3.50. The van der Waals surface area contributed by atoms with Crippen molar-refractivity contribution in [2.45, 2.75) is 13.8 Å². The highest BCUT2D eigenvalue weighted by Crippen LogP contribution is 1.70. The van der Waals surface area contributed by atoms with Crippen LogP contribution in [-0.4, -0.2) is 63.3 Å². The summed E-state index contributed by atoms with van der Waals surface area (Å²) in [5, 5.41) is 11.2. The SMILES string of the molecule is CC.CNC(=O)CNC(=O)CNC(=O)CNC(=O)CNC=O.[HH].[HH].[HH].[HH].[HH]. The summed E-state index contributed by atoms with van der Waals surface area (Å²) in [5.41, 5.74) is 0. The maximum atomic E-state index is 11.2. The molecule has 5 N–H and O–H groups in total. The number of hydrogen-bond acceptors (Lipinski definition) is 5. The second kappa shape index (κ2) is 14.8. The lowest BCUT2D eigenvalue weighted by Gasteiger charge is -2.07. The number of carbonyl (C=O) groups excluding carboxylic acids is 5. The molecule has 10 heteroatoms. The van der Waals surface area contributed by atoms with Crippen LogP contribution in [0.3, 0.4) is 0 Å². The van der Waals surface area contributed by atoms with E-state index in [1.54, 1.807) is 0 Å². The Morgan fingerprint density at radius 2 is 1.14 bits per heavy atom. The van der Waals surface area contributed by atoms with Gasteiger partial charge in [0.15, 0.2) is 0 Å². The molecule has 10 nitrogen and oxygen atoms in total. The van der Waals surface area contributed by atoms with Gasteiger partial charge in [0.25, 0.3) is 0 Å². The minimum Gasteiger partial charge on any atom is -0.358 e. The molecule has 0 rings (SSSR count). The van der Waals surface area contributed by atoms with Crippen molar-refractivity contribution >= 4 is 30.0 Å². The Hall–Kier alpha value is -2.65. The van der Waals surface area contributed by atoms with E-state index in [0.717, 1.165) is 0 Å². The van der Waals surface area contributed by atoms with Crippen LogP contribution in [-0.2, 0) is 24.0 Å². The van der Waals surface area contributed by atoms with Gasteiger partial charge in [0.1, 0.15) is 0 Å². The van der Waals surface area contributed by atoms with E-state index in [-0.39, 0.29) is 39.2 Å². The van der Waals surface area contributed by atoms with Gasteiger partial charge in [-0.2, -0.15) is 0 Å². The maximum absolute atomic E-state index is 11.2. The van der Waals surface area contributed by atoms with E-state index in [9.17, 15) is 24.0 Å². The summed E-state index contributed by atoms with van der Waals surface area (Å²) in [5.74, 6) is -1.99. The summed E-state index contributed by atoms with van der Waals surface area (Å²) in [6.07, 6.45) is 0.358. The van der Waals surface area contributed by atoms with E-state index in [1.165, 1.54) is 7.05 Å². The van der Waals surface area contributed by atoms with Crippen molar-refractivity contribution in [2.24, 2.45) is 0 Å².